The number of nitrogens with zero attached hydrogens (tertiary/aromatic N) is 1. The number of nitrogens with one attached hydrogen (secondary N) is 1. The summed E-state index contributed by atoms with van der Waals surface area (Å²) in [5.41, 5.74) is 0.292. The zero-order valence-electron chi connectivity index (χ0n) is 13.0. The lowest BCUT2D eigenvalue weighted by molar-refractivity contribution is -0.121. The van der Waals surface area contributed by atoms with Gasteiger partial charge in [-0.15, -0.1) is 0 Å². The van der Waals surface area contributed by atoms with E-state index in [0.717, 1.165) is 0 Å². The molecule has 22 heavy (non-hydrogen) atoms. The Morgan fingerprint density at radius 3 is 2.32 bits per heavy atom. The molecule has 0 unspecified atom stereocenters. The third-order valence-electron chi connectivity index (χ3n) is 2.86. The summed E-state index contributed by atoms with van der Waals surface area (Å²) in [4.78, 5) is 26.1. The number of carbonyl (C=O) groups excluding carboxylic acids is 2. The first kappa shape index (κ1) is 15.8. The van der Waals surface area contributed by atoms with Crippen LogP contribution in [0.15, 0.2) is 53.1 Å². The molecule has 116 valence electrons. The van der Waals surface area contributed by atoms with Crippen molar-refractivity contribution in [2.75, 3.05) is 11.4 Å². The van der Waals surface area contributed by atoms with Crippen molar-refractivity contribution in [3.63, 3.8) is 0 Å². The predicted molar refractivity (Wildman–Crippen MR) is 84.7 cm³/mol. The van der Waals surface area contributed by atoms with E-state index in [4.69, 9.17) is 4.42 Å². The van der Waals surface area contributed by atoms with E-state index >= 15 is 0 Å². The van der Waals surface area contributed by atoms with Gasteiger partial charge in [0.2, 0.25) is 5.91 Å². The average molecular weight is 300 g/mol. The molecule has 5 nitrogen and oxygen atoms in total. The van der Waals surface area contributed by atoms with Crippen LogP contribution in [0.5, 0.6) is 0 Å². The number of para-hydroxylation sites is 1. The third-order valence-corrected chi connectivity index (χ3v) is 2.86. The smallest absolute Gasteiger partial charge is 0.294 e. The SMILES string of the molecule is CC(C)(C)NC(=O)CN(C(=O)c1ccco1)c1ccccc1. The Morgan fingerprint density at radius 2 is 1.77 bits per heavy atom. The Kier molecular flexibility index (Phi) is 4.65. The first-order valence-corrected chi connectivity index (χ1v) is 7.08. The molecule has 0 fully saturated rings. The van der Waals surface area contributed by atoms with Crippen molar-refractivity contribution >= 4 is 17.5 Å². The van der Waals surface area contributed by atoms with Crippen LogP contribution in [0.2, 0.25) is 0 Å². The van der Waals surface area contributed by atoms with Crippen molar-refractivity contribution in [1.29, 1.82) is 0 Å². The summed E-state index contributed by atoms with van der Waals surface area (Å²) in [6.07, 6.45) is 1.44. The van der Waals surface area contributed by atoms with Crippen LogP contribution in [-0.2, 0) is 4.79 Å². The fraction of sp³-hybridized carbons (Fsp3) is 0.294. The van der Waals surface area contributed by atoms with Crippen molar-refractivity contribution in [2.45, 2.75) is 26.3 Å². The molecule has 0 saturated heterocycles. The summed E-state index contributed by atoms with van der Waals surface area (Å²) in [6, 6.07) is 12.3. The maximum Gasteiger partial charge on any atom is 0.294 e. The molecule has 1 heterocycles. The highest BCUT2D eigenvalue weighted by Crippen LogP contribution is 2.17. The monoisotopic (exact) mass is 300 g/mol. The number of hydrogen-bond acceptors (Lipinski definition) is 3. The highest BCUT2D eigenvalue weighted by atomic mass is 16.3. The van der Waals surface area contributed by atoms with Crippen LogP contribution < -0.4 is 10.2 Å². The van der Waals surface area contributed by atoms with Gasteiger partial charge in [-0.2, -0.15) is 0 Å². The molecule has 5 heteroatoms. The number of anilines is 1. The number of rotatable bonds is 4. The Hall–Kier alpha value is -2.56. The molecule has 0 atom stereocenters. The zero-order valence-corrected chi connectivity index (χ0v) is 13.0. The number of carbonyl (C=O) groups is 2. The van der Waals surface area contributed by atoms with Crippen molar-refractivity contribution in [3.8, 4) is 0 Å². The number of benzene rings is 1. The van der Waals surface area contributed by atoms with E-state index < -0.39 is 0 Å². The summed E-state index contributed by atoms with van der Waals surface area (Å²) in [6.45, 7) is 5.62. The molecular formula is C17H20N2O3. The van der Waals surface area contributed by atoms with Crippen LogP contribution in [0.25, 0.3) is 0 Å². The number of amides is 2. The quantitative estimate of drug-likeness (QED) is 0.944. The first-order chi connectivity index (χ1) is 10.4. The Labute approximate surface area is 129 Å². The molecule has 1 aromatic carbocycles. The Bertz CT molecular complexity index is 628. The Morgan fingerprint density at radius 1 is 1.09 bits per heavy atom. The number of furan rings is 1. The molecule has 2 amide bonds. The van der Waals surface area contributed by atoms with E-state index in [1.165, 1.54) is 11.2 Å². The second-order valence-corrected chi connectivity index (χ2v) is 6.00. The predicted octanol–water partition coefficient (Wildman–Crippen LogP) is 2.84. The maximum atomic E-state index is 12.6. The molecule has 2 aromatic rings. The molecule has 0 aliphatic carbocycles. The lowest BCUT2D eigenvalue weighted by Crippen LogP contribution is -2.47. The fourth-order valence-electron chi connectivity index (χ4n) is 2.02. The van der Waals surface area contributed by atoms with Gasteiger partial charge < -0.3 is 9.73 Å². The number of hydrogen-bond donors (Lipinski definition) is 1. The molecule has 0 spiro atoms. The molecule has 0 bridgehead atoms. The van der Waals surface area contributed by atoms with Gasteiger partial charge in [-0.1, -0.05) is 18.2 Å². The van der Waals surface area contributed by atoms with Gasteiger partial charge in [-0.05, 0) is 45.0 Å². The van der Waals surface area contributed by atoms with E-state index in [0.29, 0.717) is 5.69 Å². The van der Waals surface area contributed by atoms with E-state index in [2.05, 4.69) is 5.32 Å². The zero-order chi connectivity index (χ0) is 16.2. The normalized spacial score (nSPS) is 11.0. The summed E-state index contributed by atoms with van der Waals surface area (Å²) < 4.78 is 5.16. The summed E-state index contributed by atoms with van der Waals surface area (Å²) in [5, 5.41) is 2.86. The van der Waals surface area contributed by atoms with Gasteiger partial charge in [0.05, 0.1) is 6.26 Å². The van der Waals surface area contributed by atoms with Crippen LogP contribution >= 0.6 is 0 Å². The van der Waals surface area contributed by atoms with Crippen LogP contribution in [-0.4, -0.2) is 23.9 Å². The van der Waals surface area contributed by atoms with Gasteiger partial charge in [0.1, 0.15) is 6.54 Å². The van der Waals surface area contributed by atoms with Crippen LogP contribution in [0, 0.1) is 0 Å². The van der Waals surface area contributed by atoms with Crippen LogP contribution in [0.1, 0.15) is 31.3 Å². The van der Waals surface area contributed by atoms with Gasteiger partial charge in [0.15, 0.2) is 5.76 Å². The topological polar surface area (TPSA) is 62.6 Å². The molecular weight excluding hydrogens is 280 g/mol. The largest absolute Gasteiger partial charge is 0.459 e. The first-order valence-electron chi connectivity index (χ1n) is 7.08. The fourth-order valence-corrected chi connectivity index (χ4v) is 2.02. The van der Waals surface area contributed by atoms with Crippen LogP contribution in [0.3, 0.4) is 0 Å². The van der Waals surface area contributed by atoms with Crippen molar-refractivity contribution < 1.29 is 14.0 Å². The van der Waals surface area contributed by atoms with Gasteiger partial charge in [0, 0.05) is 11.2 Å². The highest BCUT2D eigenvalue weighted by molar-refractivity contribution is 6.07. The van der Waals surface area contributed by atoms with Crippen molar-refractivity contribution in [1.82, 2.24) is 5.32 Å². The Balaban J connectivity index is 2.23. The van der Waals surface area contributed by atoms with E-state index in [9.17, 15) is 9.59 Å². The van der Waals surface area contributed by atoms with Crippen molar-refractivity contribution in [3.05, 3.63) is 54.5 Å². The van der Waals surface area contributed by atoms with Gasteiger partial charge in [-0.3, -0.25) is 14.5 Å². The molecule has 0 radical (unpaired) electrons. The molecule has 1 aromatic heterocycles. The minimum atomic E-state index is -0.354. The third kappa shape index (κ3) is 4.22. The molecule has 2 rings (SSSR count). The maximum absolute atomic E-state index is 12.6. The minimum absolute atomic E-state index is 0.0686. The summed E-state index contributed by atoms with van der Waals surface area (Å²) in [7, 11) is 0. The van der Waals surface area contributed by atoms with E-state index in [1.54, 1.807) is 24.3 Å². The van der Waals surface area contributed by atoms with E-state index in [-0.39, 0.29) is 29.7 Å². The van der Waals surface area contributed by atoms with Crippen molar-refractivity contribution in [2.24, 2.45) is 0 Å². The van der Waals surface area contributed by atoms with E-state index in [1.807, 2.05) is 39.0 Å². The van der Waals surface area contributed by atoms with Gasteiger partial charge in [-0.25, -0.2) is 0 Å². The standard InChI is InChI=1S/C17H20N2O3/c1-17(2,3)18-15(20)12-19(13-8-5-4-6-9-13)16(21)14-10-7-11-22-14/h4-11H,12H2,1-3H3,(H,18,20). The average Bonchev–Trinajstić information content (AvgIpc) is 2.97. The lowest BCUT2D eigenvalue weighted by atomic mass is 10.1. The molecule has 1 N–H and O–H groups in total. The second-order valence-electron chi connectivity index (χ2n) is 6.00. The highest BCUT2D eigenvalue weighted by Gasteiger charge is 2.24. The molecule has 0 aliphatic heterocycles. The summed E-state index contributed by atoms with van der Waals surface area (Å²) >= 11 is 0. The lowest BCUT2D eigenvalue weighted by Gasteiger charge is -2.25. The minimum Gasteiger partial charge on any atom is -0.459 e. The molecule has 0 aliphatic rings. The second kappa shape index (κ2) is 6.47. The van der Waals surface area contributed by atoms with Crippen LogP contribution in [0.4, 0.5) is 5.69 Å². The van der Waals surface area contributed by atoms with Gasteiger partial charge >= 0.3 is 0 Å². The molecule has 0 saturated carbocycles. The summed E-state index contributed by atoms with van der Waals surface area (Å²) in [5.74, 6) is -0.371. The van der Waals surface area contributed by atoms with Gasteiger partial charge in [0.25, 0.3) is 5.91 Å².